The first-order chi connectivity index (χ1) is 15.8. The van der Waals surface area contributed by atoms with Crippen molar-refractivity contribution >= 4 is 28.0 Å². The molecule has 0 aromatic heterocycles. The minimum Gasteiger partial charge on any atom is -0.329 e. The molecule has 0 bridgehead atoms. The van der Waals surface area contributed by atoms with Gasteiger partial charge >= 0.3 is 0 Å². The number of carbonyl (C=O) groups excluding carboxylic acids is 2. The van der Waals surface area contributed by atoms with Gasteiger partial charge in [0.2, 0.25) is 22.3 Å². The standard InChI is InChI=1S/C25H27N3O4S/c1-5-9-13-20(11-7-3)24(25(30)27-22(12-8-4)14-10-6-2)28-33(31,32)23-17-15-21(16-18-23)26-19-29/h5-19,24,28H,1-4H2,(H,26,29)(H,27,30)/b13-9-,14-10-,20-11+,22-12+. The Labute approximate surface area is 195 Å². The van der Waals surface area contributed by atoms with Crippen molar-refractivity contribution in [1.29, 1.82) is 0 Å². The molecule has 1 unspecified atom stereocenters. The Morgan fingerprint density at radius 3 is 2.03 bits per heavy atom. The molecule has 0 radical (unpaired) electrons. The molecule has 0 aliphatic heterocycles. The molecule has 0 saturated carbocycles. The fraction of sp³-hybridized carbons (Fsp3) is 0.0400. The van der Waals surface area contributed by atoms with Gasteiger partial charge in [0.25, 0.3) is 0 Å². The molecule has 0 saturated heterocycles. The van der Waals surface area contributed by atoms with Crippen molar-refractivity contribution in [3.63, 3.8) is 0 Å². The number of sulfonamides is 1. The van der Waals surface area contributed by atoms with Gasteiger partial charge in [-0.25, -0.2) is 8.42 Å². The minimum absolute atomic E-state index is 0.0872. The molecular weight excluding hydrogens is 438 g/mol. The van der Waals surface area contributed by atoms with Gasteiger partial charge in [0.05, 0.1) is 4.90 Å². The van der Waals surface area contributed by atoms with E-state index in [0.29, 0.717) is 23.4 Å². The number of hydrogen-bond acceptors (Lipinski definition) is 4. The molecule has 1 aromatic carbocycles. The van der Waals surface area contributed by atoms with E-state index < -0.39 is 22.0 Å². The summed E-state index contributed by atoms with van der Waals surface area (Å²) < 4.78 is 28.5. The van der Waals surface area contributed by atoms with Crippen molar-refractivity contribution in [3.05, 3.63) is 123 Å². The lowest BCUT2D eigenvalue weighted by atomic mass is 10.1. The summed E-state index contributed by atoms with van der Waals surface area (Å²) in [7, 11) is -4.13. The quantitative estimate of drug-likeness (QED) is 0.288. The minimum atomic E-state index is -4.13. The van der Waals surface area contributed by atoms with E-state index in [1.807, 2.05) is 0 Å². The van der Waals surface area contributed by atoms with Crippen LogP contribution in [-0.4, -0.2) is 26.8 Å². The topological polar surface area (TPSA) is 104 Å². The van der Waals surface area contributed by atoms with Crippen LogP contribution >= 0.6 is 0 Å². The third kappa shape index (κ3) is 8.94. The number of carbonyl (C=O) groups is 2. The summed E-state index contributed by atoms with van der Waals surface area (Å²) in [6.45, 7) is 14.4. The molecule has 1 rings (SSSR count). The first-order valence-electron chi connectivity index (χ1n) is 9.70. The van der Waals surface area contributed by atoms with Gasteiger partial charge in [-0.15, -0.1) is 0 Å². The van der Waals surface area contributed by atoms with Crippen LogP contribution in [0.5, 0.6) is 0 Å². The fourth-order valence-electron chi connectivity index (χ4n) is 2.51. The van der Waals surface area contributed by atoms with E-state index in [0.717, 1.165) is 0 Å². The van der Waals surface area contributed by atoms with Crippen LogP contribution < -0.4 is 15.4 Å². The van der Waals surface area contributed by atoms with Crippen LogP contribution in [-0.2, 0) is 19.6 Å². The summed E-state index contributed by atoms with van der Waals surface area (Å²) in [5.74, 6) is -0.638. The summed E-state index contributed by atoms with van der Waals surface area (Å²) >= 11 is 0. The summed E-state index contributed by atoms with van der Waals surface area (Å²) in [6, 6.07) is 4.19. The molecule has 33 heavy (non-hydrogen) atoms. The van der Waals surface area contributed by atoms with Gasteiger partial charge < -0.3 is 10.6 Å². The highest BCUT2D eigenvalue weighted by atomic mass is 32.2. The zero-order chi connectivity index (χ0) is 24.7. The second-order valence-corrected chi connectivity index (χ2v) is 7.99. The van der Waals surface area contributed by atoms with Crippen LogP contribution in [0.3, 0.4) is 0 Å². The van der Waals surface area contributed by atoms with Crippen molar-refractivity contribution in [1.82, 2.24) is 10.0 Å². The first-order valence-corrected chi connectivity index (χ1v) is 11.2. The predicted octanol–water partition coefficient (Wildman–Crippen LogP) is 3.68. The predicted molar refractivity (Wildman–Crippen MR) is 134 cm³/mol. The summed E-state index contributed by atoms with van der Waals surface area (Å²) in [5.41, 5.74) is 1.14. The van der Waals surface area contributed by atoms with Gasteiger partial charge in [-0.05, 0) is 42.0 Å². The maximum absolute atomic E-state index is 13.2. The van der Waals surface area contributed by atoms with E-state index in [1.165, 1.54) is 54.6 Å². The Kier molecular flexibility index (Phi) is 11.6. The number of nitrogens with one attached hydrogen (secondary N) is 3. The van der Waals surface area contributed by atoms with Crippen LogP contribution in [0.2, 0.25) is 0 Å². The van der Waals surface area contributed by atoms with Crippen molar-refractivity contribution in [3.8, 4) is 0 Å². The summed E-state index contributed by atoms with van der Waals surface area (Å²) in [6.07, 6.45) is 15.8. The van der Waals surface area contributed by atoms with Crippen LogP contribution in [0.1, 0.15) is 0 Å². The maximum atomic E-state index is 13.2. The zero-order valence-corrected chi connectivity index (χ0v) is 18.9. The third-order valence-corrected chi connectivity index (χ3v) is 5.41. The Balaban J connectivity index is 3.42. The number of anilines is 1. The van der Waals surface area contributed by atoms with Gasteiger partial charge in [0, 0.05) is 11.4 Å². The van der Waals surface area contributed by atoms with Gasteiger partial charge in [0.15, 0.2) is 0 Å². The Morgan fingerprint density at radius 1 is 0.879 bits per heavy atom. The van der Waals surface area contributed by atoms with Gasteiger partial charge in [0.1, 0.15) is 6.04 Å². The van der Waals surface area contributed by atoms with E-state index in [4.69, 9.17) is 0 Å². The summed E-state index contributed by atoms with van der Waals surface area (Å²) in [4.78, 5) is 23.6. The molecule has 0 fully saturated rings. The number of hydrogen-bond donors (Lipinski definition) is 3. The molecule has 0 spiro atoms. The third-order valence-electron chi connectivity index (χ3n) is 3.97. The van der Waals surface area contributed by atoms with E-state index in [-0.39, 0.29) is 4.90 Å². The second-order valence-electron chi connectivity index (χ2n) is 6.28. The molecule has 0 aliphatic rings. The van der Waals surface area contributed by atoms with Crippen LogP contribution in [0.25, 0.3) is 0 Å². The molecule has 172 valence electrons. The average Bonchev–Trinajstić information content (AvgIpc) is 2.79. The Morgan fingerprint density at radius 2 is 1.48 bits per heavy atom. The molecule has 2 amide bonds. The molecule has 7 nitrogen and oxygen atoms in total. The molecule has 8 heteroatoms. The number of rotatable bonds is 14. The van der Waals surface area contributed by atoms with Crippen LogP contribution in [0, 0.1) is 0 Å². The molecule has 1 aromatic rings. The fourth-order valence-corrected chi connectivity index (χ4v) is 3.69. The number of allylic oxidation sites excluding steroid dienone is 9. The molecule has 3 N–H and O–H groups in total. The monoisotopic (exact) mass is 465 g/mol. The Hall–Kier alpha value is -4.01. The van der Waals surface area contributed by atoms with Crippen molar-refractivity contribution in [2.75, 3.05) is 5.32 Å². The lowest BCUT2D eigenvalue weighted by molar-refractivity contribution is -0.121. The SMILES string of the molecule is C=C/C=C\C(=C/C=C)NC(=O)C(NS(=O)(=O)c1ccc(NC=O)cc1)C(/C=C\C=C)=C/C=C. The lowest BCUT2D eigenvalue weighted by Crippen LogP contribution is -2.47. The molecular formula is C25H27N3O4S. The zero-order valence-electron chi connectivity index (χ0n) is 18.1. The summed E-state index contributed by atoms with van der Waals surface area (Å²) in [5, 5.41) is 5.10. The average molecular weight is 466 g/mol. The van der Waals surface area contributed by atoms with Crippen molar-refractivity contribution in [2.24, 2.45) is 0 Å². The van der Waals surface area contributed by atoms with E-state index in [2.05, 4.69) is 41.7 Å². The largest absolute Gasteiger partial charge is 0.329 e. The molecule has 0 aliphatic carbocycles. The second kappa shape index (κ2) is 14.1. The van der Waals surface area contributed by atoms with Crippen LogP contribution in [0.15, 0.2) is 128 Å². The number of benzene rings is 1. The molecule has 1 atom stereocenters. The van der Waals surface area contributed by atoms with Gasteiger partial charge in [-0.2, -0.15) is 4.72 Å². The lowest BCUT2D eigenvalue weighted by Gasteiger charge is -2.20. The van der Waals surface area contributed by atoms with Gasteiger partial charge in [-0.1, -0.05) is 74.9 Å². The van der Waals surface area contributed by atoms with Gasteiger partial charge in [-0.3, -0.25) is 9.59 Å². The first kappa shape index (κ1) is 27.0. The highest BCUT2D eigenvalue weighted by molar-refractivity contribution is 7.89. The van der Waals surface area contributed by atoms with Crippen molar-refractivity contribution in [2.45, 2.75) is 10.9 Å². The highest BCUT2D eigenvalue weighted by Gasteiger charge is 2.28. The van der Waals surface area contributed by atoms with Crippen LogP contribution in [0.4, 0.5) is 5.69 Å². The van der Waals surface area contributed by atoms with E-state index in [9.17, 15) is 18.0 Å². The van der Waals surface area contributed by atoms with E-state index >= 15 is 0 Å². The maximum Gasteiger partial charge on any atom is 0.247 e. The Bertz CT molecular complexity index is 1110. The molecule has 0 heterocycles. The smallest absolute Gasteiger partial charge is 0.247 e. The highest BCUT2D eigenvalue weighted by Crippen LogP contribution is 2.16. The van der Waals surface area contributed by atoms with E-state index in [1.54, 1.807) is 30.4 Å². The van der Waals surface area contributed by atoms with Crippen molar-refractivity contribution < 1.29 is 18.0 Å². The number of amides is 2. The normalized spacial score (nSPS) is 13.3.